The molecule has 2 aromatic heterocycles. The molecule has 1 fully saturated rings. The van der Waals surface area contributed by atoms with Crippen molar-refractivity contribution in [2.24, 2.45) is 4.99 Å². The maximum absolute atomic E-state index is 13.9. The number of hydrogen-bond donors (Lipinski definition) is 2. The highest BCUT2D eigenvalue weighted by atomic mass is 127. The van der Waals surface area contributed by atoms with Gasteiger partial charge in [-0.05, 0) is 32.4 Å². The zero-order chi connectivity index (χ0) is 17.6. The minimum absolute atomic E-state index is 0. The van der Waals surface area contributed by atoms with Crippen molar-refractivity contribution in [3.63, 3.8) is 0 Å². The van der Waals surface area contributed by atoms with Crippen LogP contribution in [0.2, 0.25) is 0 Å². The Morgan fingerprint density at radius 1 is 1.50 bits per heavy atom. The van der Waals surface area contributed by atoms with Crippen LogP contribution < -0.4 is 15.5 Å². The van der Waals surface area contributed by atoms with Gasteiger partial charge in [0.15, 0.2) is 23.4 Å². The van der Waals surface area contributed by atoms with Crippen molar-refractivity contribution in [2.75, 3.05) is 24.5 Å². The van der Waals surface area contributed by atoms with Crippen molar-refractivity contribution in [2.45, 2.75) is 32.9 Å². The third kappa shape index (κ3) is 5.26. The summed E-state index contributed by atoms with van der Waals surface area (Å²) in [4.78, 5) is 14.7. The van der Waals surface area contributed by atoms with Crippen molar-refractivity contribution < 1.29 is 8.91 Å². The Kier molecular flexibility index (Phi) is 7.54. The van der Waals surface area contributed by atoms with Gasteiger partial charge in [0.05, 0.1) is 0 Å². The highest BCUT2D eigenvalue weighted by molar-refractivity contribution is 14.0. The fraction of sp³-hybridized carbons (Fsp3) is 0.500. The quantitative estimate of drug-likeness (QED) is 0.388. The number of halogens is 2. The van der Waals surface area contributed by atoms with E-state index in [4.69, 9.17) is 4.52 Å². The number of guanidine groups is 1. The number of aryl methyl sites for hydroxylation is 1. The lowest BCUT2D eigenvalue weighted by atomic mass is 10.3. The summed E-state index contributed by atoms with van der Waals surface area (Å²) in [5.74, 6) is 1.84. The molecule has 0 amide bonds. The Bertz CT molecular complexity index is 739. The van der Waals surface area contributed by atoms with Gasteiger partial charge in [0, 0.05) is 31.9 Å². The predicted molar refractivity (Wildman–Crippen MR) is 107 cm³/mol. The van der Waals surface area contributed by atoms with Gasteiger partial charge in [-0.1, -0.05) is 5.16 Å². The summed E-state index contributed by atoms with van der Waals surface area (Å²) in [5.41, 5.74) is 0. The second kappa shape index (κ2) is 9.64. The summed E-state index contributed by atoms with van der Waals surface area (Å²) in [5, 5.41) is 10.3. The van der Waals surface area contributed by atoms with Gasteiger partial charge in [-0.25, -0.2) is 14.4 Å². The Balaban J connectivity index is 0.00000243. The molecule has 0 radical (unpaired) electrons. The van der Waals surface area contributed by atoms with E-state index < -0.39 is 0 Å². The number of anilines is 1. The molecule has 0 saturated carbocycles. The standard InChI is InChI=1S/C16H22FN7O.HI/c1-3-18-16(20-9-14-21-11(2)23-25-14)22-12-6-8-24(10-12)15-13(17)5-4-7-19-15;/h4-5,7,12H,3,6,8-10H2,1-2H3,(H2,18,20,22);1H. The minimum atomic E-state index is -0.296. The molecule has 0 spiro atoms. The number of nitrogens with one attached hydrogen (secondary N) is 2. The van der Waals surface area contributed by atoms with E-state index in [1.165, 1.54) is 6.07 Å². The van der Waals surface area contributed by atoms with Gasteiger partial charge in [-0.3, -0.25) is 0 Å². The van der Waals surface area contributed by atoms with Crippen LogP contribution >= 0.6 is 24.0 Å². The summed E-state index contributed by atoms with van der Waals surface area (Å²) >= 11 is 0. The lowest BCUT2D eigenvalue weighted by Gasteiger charge is -2.19. The van der Waals surface area contributed by atoms with Crippen LogP contribution in [0.1, 0.15) is 25.1 Å². The molecule has 142 valence electrons. The van der Waals surface area contributed by atoms with Gasteiger partial charge in [0.1, 0.15) is 6.54 Å². The normalized spacial score (nSPS) is 17.1. The smallest absolute Gasteiger partial charge is 0.248 e. The van der Waals surface area contributed by atoms with Crippen LogP contribution in [0, 0.1) is 12.7 Å². The largest absolute Gasteiger partial charge is 0.357 e. The molecule has 0 aromatic carbocycles. The monoisotopic (exact) mass is 475 g/mol. The third-order valence-corrected chi connectivity index (χ3v) is 3.85. The van der Waals surface area contributed by atoms with Crippen LogP contribution in [0.25, 0.3) is 0 Å². The lowest BCUT2D eigenvalue weighted by Crippen LogP contribution is -2.44. The molecule has 1 saturated heterocycles. The molecule has 1 atom stereocenters. The van der Waals surface area contributed by atoms with Crippen LogP contribution in [0.4, 0.5) is 10.2 Å². The zero-order valence-electron chi connectivity index (χ0n) is 14.8. The third-order valence-electron chi connectivity index (χ3n) is 3.85. The second-order valence-corrected chi connectivity index (χ2v) is 5.82. The molecule has 10 heteroatoms. The van der Waals surface area contributed by atoms with E-state index in [0.29, 0.717) is 36.6 Å². The SMILES string of the molecule is CCNC(=NCc1nc(C)no1)NC1CCN(c2ncccc2F)C1.I. The summed E-state index contributed by atoms with van der Waals surface area (Å²) in [6.45, 7) is 6.22. The van der Waals surface area contributed by atoms with E-state index >= 15 is 0 Å². The molecule has 8 nitrogen and oxygen atoms in total. The molecular formula is C16H23FIN7O. The van der Waals surface area contributed by atoms with E-state index in [1.807, 2.05) is 11.8 Å². The predicted octanol–water partition coefficient (Wildman–Crippen LogP) is 1.86. The summed E-state index contributed by atoms with van der Waals surface area (Å²) in [6.07, 6.45) is 2.48. The first-order chi connectivity index (χ1) is 12.2. The molecule has 1 unspecified atom stereocenters. The fourth-order valence-corrected chi connectivity index (χ4v) is 2.74. The first kappa shape index (κ1) is 20.3. The van der Waals surface area contributed by atoms with Gasteiger partial charge in [0.25, 0.3) is 0 Å². The first-order valence-electron chi connectivity index (χ1n) is 8.35. The van der Waals surface area contributed by atoms with E-state index in [0.717, 1.165) is 19.5 Å². The summed E-state index contributed by atoms with van der Waals surface area (Å²) < 4.78 is 18.9. The van der Waals surface area contributed by atoms with Crippen LogP contribution in [0.15, 0.2) is 27.8 Å². The Hall–Kier alpha value is -1.98. The topological polar surface area (TPSA) is 91.5 Å². The van der Waals surface area contributed by atoms with Crippen LogP contribution in [-0.4, -0.2) is 46.8 Å². The van der Waals surface area contributed by atoms with Crippen molar-refractivity contribution in [1.82, 2.24) is 25.8 Å². The van der Waals surface area contributed by atoms with Crippen LogP contribution in [0.3, 0.4) is 0 Å². The lowest BCUT2D eigenvalue weighted by molar-refractivity contribution is 0.376. The van der Waals surface area contributed by atoms with Crippen molar-refractivity contribution in [3.8, 4) is 0 Å². The van der Waals surface area contributed by atoms with E-state index in [9.17, 15) is 4.39 Å². The molecule has 2 N–H and O–H groups in total. The molecule has 3 heterocycles. The van der Waals surface area contributed by atoms with Gasteiger partial charge in [-0.2, -0.15) is 4.98 Å². The molecule has 1 aliphatic heterocycles. The number of aromatic nitrogens is 3. The molecule has 26 heavy (non-hydrogen) atoms. The maximum Gasteiger partial charge on any atom is 0.248 e. The number of nitrogens with zero attached hydrogens (tertiary/aromatic N) is 5. The Morgan fingerprint density at radius 3 is 3.04 bits per heavy atom. The maximum atomic E-state index is 13.9. The minimum Gasteiger partial charge on any atom is -0.357 e. The highest BCUT2D eigenvalue weighted by Crippen LogP contribution is 2.20. The highest BCUT2D eigenvalue weighted by Gasteiger charge is 2.25. The van der Waals surface area contributed by atoms with E-state index in [-0.39, 0.29) is 35.8 Å². The molecule has 0 aliphatic carbocycles. The van der Waals surface area contributed by atoms with Gasteiger partial charge >= 0.3 is 0 Å². The molecule has 1 aliphatic rings. The molecule has 2 aromatic rings. The van der Waals surface area contributed by atoms with Crippen molar-refractivity contribution >= 4 is 35.8 Å². The van der Waals surface area contributed by atoms with Crippen molar-refractivity contribution in [1.29, 1.82) is 0 Å². The Labute approximate surface area is 168 Å². The van der Waals surface area contributed by atoms with E-state index in [2.05, 4.69) is 30.8 Å². The first-order valence-corrected chi connectivity index (χ1v) is 8.35. The summed E-state index contributed by atoms with van der Waals surface area (Å²) in [6, 6.07) is 3.18. The van der Waals surface area contributed by atoms with E-state index in [1.54, 1.807) is 19.2 Å². The molecule has 0 bridgehead atoms. The number of aliphatic imine (C=N–C) groups is 1. The number of rotatable bonds is 5. The second-order valence-electron chi connectivity index (χ2n) is 5.82. The number of hydrogen-bond acceptors (Lipinski definition) is 6. The van der Waals surface area contributed by atoms with Crippen molar-refractivity contribution in [3.05, 3.63) is 35.9 Å². The summed E-state index contributed by atoms with van der Waals surface area (Å²) in [7, 11) is 0. The van der Waals surface area contributed by atoms with Gasteiger partial charge < -0.3 is 20.1 Å². The molecular weight excluding hydrogens is 452 g/mol. The van der Waals surface area contributed by atoms with Gasteiger partial charge in [-0.15, -0.1) is 24.0 Å². The molecule has 3 rings (SSSR count). The van der Waals surface area contributed by atoms with Gasteiger partial charge in [0.2, 0.25) is 5.89 Å². The number of pyridine rings is 1. The van der Waals surface area contributed by atoms with Crippen LogP contribution in [-0.2, 0) is 6.54 Å². The average molecular weight is 475 g/mol. The van der Waals surface area contributed by atoms with Crippen LogP contribution in [0.5, 0.6) is 0 Å². The fourth-order valence-electron chi connectivity index (χ4n) is 2.74. The Morgan fingerprint density at radius 2 is 2.35 bits per heavy atom. The zero-order valence-corrected chi connectivity index (χ0v) is 17.1. The average Bonchev–Trinajstić information content (AvgIpc) is 3.22.